The van der Waals surface area contributed by atoms with Crippen LogP contribution in [-0.2, 0) is 0 Å². The number of nitrogens with one attached hydrogen (secondary N) is 1. The van der Waals surface area contributed by atoms with E-state index in [0.717, 1.165) is 22.5 Å². The molecule has 0 radical (unpaired) electrons. The summed E-state index contributed by atoms with van der Waals surface area (Å²) in [6, 6.07) is 5.50. The molecule has 2 atom stereocenters. The molecule has 1 aromatic carbocycles. The minimum Gasteiger partial charge on any atom is -0.335 e. The van der Waals surface area contributed by atoms with Gasteiger partial charge >= 0.3 is 0 Å². The minimum atomic E-state index is 0.160. The summed E-state index contributed by atoms with van der Waals surface area (Å²) in [4.78, 5) is 4.97. The first-order valence-electron chi connectivity index (χ1n) is 7.00. The average Bonchev–Trinajstić information content (AvgIpc) is 2.70. The Hall–Kier alpha value is -0.380. The minimum absolute atomic E-state index is 0.160. The quantitative estimate of drug-likeness (QED) is 0.740. The molecule has 0 saturated heterocycles. The van der Waals surface area contributed by atoms with Gasteiger partial charge in [-0.05, 0) is 37.0 Å². The van der Waals surface area contributed by atoms with Crippen LogP contribution in [0.3, 0.4) is 0 Å². The molecule has 20 heavy (non-hydrogen) atoms. The molecule has 2 aliphatic rings. The van der Waals surface area contributed by atoms with E-state index in [0.29, 0.717) is 10.0 Å². The van der Waals surface area contributed by atoms with Crippen LogP contribution in [0, 0.1) is 5.92 Å². The molecule has 1 aliphatic carbocycles. The van der Waals surface area contributed by atoms with Gasteiger partial charge in [0.1, 0.15) is 0 Å². The summed E-state index contributed by atoms with van der Waals surface area (Å²) in [6.45, 7) is 2.34. The van der Waals surface area contributed by atoms with Gasteiger partial charge in [-0.25, -0.2) is 0 Å². The van der Waals surface area contributed by atoms with Crippen molar-refractivity contribution in [1.29, 1.82) is 0 Å². The summed E-state index contributed by atoms with van der Waals surface area (Å²) in [7, 11) is 0. The zero-order valence-corrected chi connectivity index (χ0v) is 13.8. The molecule has 1 N–H and O–H groups in total. The van der Waals surface area contributed by atoms with Gasteiger partial charge in [-0.3, -0.25) is 4.99 Å². The average molecular weight is 329 g/mol. The van der Waals surface area contributed by atoms with E-state index in [9.17, 15) is 0 Å². The number of amidine groups is 1. The normalized spacial score (nSPS) is 29.6. The van der Waals surface area contributed by atoms with Crippen LogP contribution >= 0.6 is 35.0 Å². The fourth-order valence-corrected chi connectivity index (χ4v) is 4.87. The first-order chi connectivity index (χ1) is 9.55. The van der Waals surface area contributed by atoms with Gasteiger partial charge in [0.25, 0.3) is 0 Å². The topological polar surface area (TPSA) is 24.4 Å². The molecular weight excluding hydrogens is 311 g/mol. The number of thioether (sulfide) groups is 1. The van der Waals surface area contributed by atoms with Crippen molar-refractivity contribution in [2.75, 3.05) is 11.1 Å². The van der Waals surface area contributed by atoms with E-state index in [4.69, 9.17) is 28.2 Å². The Kier molecular flexibility index (Phi) is 4.21. The molecule has 1 saturated carbocycles. The van der Waals surface area contributed by atoms with Crippen LogP contribution in [-0.4, -0.2) is 16.5 Å². The molecule has 1 aliphatic heterocycles. The van der Waals surface area contributed by atoms with Gasteiger partial charge in [0, 0.05) is 21.5 Å². The third-order valence-corrected chi connectivity index (χ3v) is 5.58. The van der Waals surface area contributed by atoms with Crippen molar-refractivity contribution in [3.63, 3.8) is 0 Å². The summed E-state index contributed by atoms with van der Waals surface area (Å²) in [5.41, 5.74) is 1.07. The second kappa shape index (κ2) is 5.78. The molecule has 1 spiro atoms. The highest BCUT2D eigenvalue weighted by molar-refractivity contribution is 8.14. The fraction of sp³-hybridized carbons (Fsp3) is 0.533. The number of benzene rings is 1. The lowest BCUT2D eigenvalue weighted by Gasteiger charge is -2.33. The predicted octanol–water partition coefficient (Wildman–Crippen LogP) is 5.46. The van der Waals surface area contributed by atoms with Crippen molar-refractivity contribution in [1.82, 2.24) is 0 Å². The van der Waals surface area contributed by atoms with Crippen molar-refractivity contribution in [3.05, 3.63) is 28.2 Å². The highest BCUT2D eigenvalue weighted by Crippen LogP contribution is 2.42. The highest BCUT2D eigenvalue weighted by atomic mass is 35.5. The number of hydrogen-bond acceptors (Lipinski definition) is 3. The maximum Gasteiger partial charge on any atom is 0.161 e. The van der Waals surface area contributed by atoms with Gasteiger partial charge in [0.2, 0.25) is 0 Å². The Balaban J connectivity index is 1.75. The van der Waals surface area contributed by atoms with Crippen LogP contribution in [0.25, 0.3) is 0 Å². The summed E-state index contributed by atoms with van der Waals surface area (Å²) >= 11 is 13.9. The SMILES string of the molecule is CC1CCCC2(CSC(Nc3cc(Cl)cc(Cl)c3)=N2)C1. The molecule has 0 aromatic heterocycles. The molecular formula is C15H18Cl2N2S. The van der Waals surface area contributed by atoms with E-state index >= 15 is 0 Å². The van der Waals surface area contributed by atoms with Gasteiger partial charge in [-0.1, -0.05) is 54.7 Å². The lowest BCUT2D eigenvalue weighted by molar-refractivity contribution is 0.266. The first-order valence-corrected chi connectivity index (χ1v) is 8.75. The maximum absolute atomic E-state index is 6.03. The Morgan fingerprint density at radius 1 is 1.30 bits per heavy atom. The van der Waals surface area contributed by atoms with Crippen molar-refractivity contribution < 1.29 is 0 Å². The molecule has 1 heterocycles. The molecule has 3 rings (SSSR count). The molecule has 2 nitrogen and oxygen atoms in total. The number of nitrogens with zero attached hydrogens (tertiary/aromatic N) is 1. The molecule has 0 bridgehead atoms. The van der Waals surface area contributed by atoms with E-state index in [-0.39, 0.29) is 5.54 Å². The summed E-state index contributed by atoms with van der Waals surface area (Å²) in [5.74, 6) is 1.88. The van der Waals surface area contributed by atoms with E-state index in [1.165, 1.54) is 25.7 Å². The van der Waals surface area contributed by atoms with Crippen LogP contribution in [0.4, 0.5) is 5.69 Å². The van der Waals surface area contributed by atoms with Crippen molar-refractivity contribution in [2.24, 2.45) is 10.9 Å². The van der Waals surface area contributed by atoms with Crippen LogP contribution in [0.15, 0.2) is 23.2 Å². The van der Waals surface area contributed by atoms with Gasteiger partial charge < -0.3 is 5.32 Å². The molecule has 1 aromatic rings. The van der Waals surface area contributed by atoms with Crippen molar-refractivity contribution in [2.45, 2.75) is 38.1 Å². The second-order valence-electron chi connectivity index (χ2n) is 5.91. The van der Waals surface area contributed by atoms with E-state index in [1.54, 1.807) is 6.07 Å². The van der Waals surface area contributed by atoms with Crippen LogP contribution in [0.1, 0.15) is 32.6 Å². The van der Waals surface area contributed by atoms with Crippen molar-refractivity contribution >= 4 is 45.8 Å². The zero-order chi connectivity index (χ0) is 14.2. The Morgan fingerprint density at radius 2 is 2.05 bits per heavy atom. The summed E-state index contributed by atoms with van der Waals surface area (Å²) in [6.07, 6.45) is 5.06. The number of aliphatic imine (C=N–C) groups is 1. The van der Waals surface area contributed by atoms with E-state index in [2.05, 4.69) is 12.2 Å². The van der Waals surface area contributed by atoms with Crippen LogP contribution in [0.2, 0.25) is 10.0 Å². The number of anilines is 1. The van der Waals surface area contributed by atoms with E-state index in [1.807, 2.05) is 23.9 Å². The lowest BCUT2D eigenvalue weighted by Crippen LogP contribution is -2.33. The monoisotopic (exact) mass is 328 g/mol. The lowest BCUT2D eigenvalue weighted by atomic mass is 9.78. The smallest absolute Gasteiger partial charge is 0.161 e. The Morgan fingerprint density at radius 3 is 2.75 bits per heavy atom. The molecule has 0 amide bonds. The number of rotatable bonds is 1. The third-order valence-electron chi connectivity index (χ3n) is 4.00. The molecule has 1 fully saturated rings. The number of halogens is 2. The fourth-order valence-electron chi connectivity index (χ4n) is 3.16. The highest BCUT2D eigenvalue weighted by Gasteiger charge is 2.39. The van der Waals surface area contributed by atoms with Crippen LogP contribution in [0.5, 0.6) is 0 Å². The second-order valence-corrected chi connectivity index (χ2v) is 7.75. The predicted molar refractivity (Wildman–Crippen MR) is 90.3 cm³/mol. The summed E-state index contributed by atoms with van der Waals surface area (Å²) < 4.78 is 0. The molecule has 2 unspecified atom stereocenters. The van der Waals surface area contributed by atoms with Gasteiger partial charge in [0.05, 0.1) is 5.54 Å². The third kappa shape index (κ3) is 3.26. The van der Waals surface area contributed by atoms with Gasteiger partial charge in [-0.15, -0.1) is 0 Å². The summed E-state index contributed by atoms with van der Waals surface area (Å²) in [5, 5.41) is 5.64. The van der Waals surface area contributed by atoms with E-state index < -0.39 is 0 Å². The largest absolute Gasteiger partial charge is 0.335 e. The standard InChI is InChI=1S/C15H18Cl2N2S/c1-10-3-2-4-15(8-10)9-20-14(19-15)18-13-6-11(16)5-12(17)7-13/h5-7,10H,2-4,8-9H2,1H3,(H,18,19). The number of hydrogen-bond donors (Lipinski definition) is 1. The van der Waals surface area contributed by atoms with Gasteiger partial charge in [0.15, 0.2) is 5.17 Å². The first kappa shape index (κ1) is 14.6. The maximum atomic E-state index is 6.03. The Labute approximate surface area is 134 Å². The van der Waals surface area contributed by atoms with Crippen molar-refractivity contribution in [3.8, 4) is 0 Å². The van der Waals surface area contributed by atoms with Crippen LogP contribution < -0.4 is 5.32 Å². The van der Waals surface area contributed by atoms with Gasteiger partial charge in [-0.2, -0.15) is 0 Å². The molecule has 5 heteroatoms. The Bertz CT molecular complexity index is 526. The zero-order valence-electron chi connectivity index (χ0n) is 11.5. The molecule has 108 valence electrons.